The SMILES string of the molecule is COCCNC(=O)C1CCN(S(=O)(=O)c2c(C)noc2C=Cc2ccccc2F)CC1. The van der Waals surface area contributed by atoms with Crippen molar-refractivity contribution in [2.75, 3.05) is 33.4 Å². The Hall–Kier alpha value is -2.56. The lowest BCUT2D eigenvalue weighted by Gasteiger charge is -2.30. The number of amides is 1. The Kier molecular flexibility index (Phi) is 7.58. The number of carbonyl (C=O) groups is 1. The number of aromatic nitrogens is 1. The normalized spacial score (nSPS) is 16.1. The number of aryl methyl sites for hydroxylation is 1. The van der Waals surface area contributed by atoms with E-state index in [1.165, 1.54) is 22.5 Å². The van der Waals surface area contributed by atoms with Gasteiger partial charge in [0, 0.05) is 38.2 Å². The van der Waals surface area contributed by atoms with Gasteiger partial charge in [0.2, 0.25) is 15.9 Å². The molecule has 1 aromatic carbocycles. The molecule has 2 aromatic rings. The maximum absolute atomic E-state index is 13.9. The summed E-state index contributed by atoms with van der Waals surface area (Å²) in [5.41, 5.74) is 0.535. The van der Waals surface area contributed by atoms with Gasteiger partial charge in [0.15, 0.2) is 10.7 Å². The van der Waals surface area contributed by atoms with Gasteiger partial charge in [0.05, 0.1) is 6.61 Å². The van der Waals surface area contributed by atoms with Crippen LogP contribution in [0.3, 0.4) is 0 Å². The fourth-order valence-electron chi connectivity index (χ4n) is 3.48. The summed E-state index contributed by atoms with van der Waals surface area (Å²) in [7, 11) is -2.33. The molecule has 1 aromatic heterocycles. The Balaban J connectivity index is 1.73. The van der Waals surface area contributed by atoms with Crippen molar-refractivity contribution in [3.63, 3.8) is 0 Å². The zero-order valence-corrected chi connectivity index (χ0v) is 18.3. The van der Waals surface area contributed by atoms with Crippen molar-refractivity contribution in [2.45, 2.75) is 24.7 Å². The minimum atomic E-state index is -3.88. The summed E-state index contributed by atoms with van der Waals surface area (Å²) in [4.78, 5) is 12.2. The van der Waals surface area contributed by atoms with Gasteiger partial charge in [0.1, 0.15) is 11.5 Å². The topological polar surface area (TPSA) is 102 Å². The number of piperidine rings is 1. The molecule has 3 rings (SSSR count). The van der Waals surface area contributed by atoms with E-state index in [2.05, 4.69) is 10.5 Å². The first kappa shape index (κ1) is 23.1. The molecule has 1 aliphatic rings. The number of benzene rings is 1. The highest BCUT2D eigenvalue weighted by atomic mass is 32.2. The molecule has 0 saturated carbocycles. The van der Waals surface area contributed by atoms with Gasteiger partial charge in [-0.2, -0.15) is 4.31 Å². The van der Waals surface area contributed by atoms with Crippen LogP contribution in [-0.2, 0) is 19.6 Å². The van der Waals surface area contributed by atoms with Crippen molar-refractivity contribution in [1.82, 2.24) is 14.8 Å². The Morgan fingerprint density at radius 2 is 2.03 bits per heavy atom. The fraction of sp³-hybridized carbons (Fsp3) is 0.429. The van der Waals surface area contributed by atoms with Gasteiger partial charge in [-0.05, 0) is 38.0 Å². The van der Waals surface area contributed by atoms with Crippen LogP contribution >= 0.6 is 0 Å². The molecular formula is C21H26FN3O5S. The number of hydrogen-bond acceptors (Lipinski definition) is 6. The van der Waals surface area contributed by atoms with Crippen LogP contribution < -0.4 is 5.32 Å². The lowest BCUT2D eigenvalue weighted by molar-refractivity contribution is -0.126. The maximum Gasteiger partial charge on any atom is 0.248 e. The number of nitrogens with one attached hydrogen (secondary N) is 1. The van der Waals surface area contributed by atoms with Gasteiger partial charge < -0.3 is 14.6 Å². The highest BCUT2D eigenvalue weighted by molar-refractivity contribution is 7.89. The quantitative estimate of drug-likeness (QED) is 0.619. The molecule has 1 aliphatic heterocycles. The summed E-state index contributed by atoms with van der Waals surface area (Å²) < 4.78 is 51.8. The van der Waals surface area contributed by atoms with Crippen molar-refractivity contribution in [1.29, 1.82) is 0 Å². The van der Waals surface area contributed by atoms with E-state index in [0.29, 0.717) is 31.6 Å². The Bertz CT molecular complexity index is 1040. The second-order valence-corrected chi connectivity index (χ2v) is 9.15. The third-order valence-corrected chi connectivity index (χ3v) is 7.24. The molecule has 0 bridgehead atoms. The second-order valence-electron chi connectivity index (χ2n) is 7.28. The third-order valence-electron chi connectivity index (χ3n) is 5.18. The van der Waals surface area contributed by atoms with Gasteiger partial charge in [-0.25, -0.2) is 12.8 Å². The molecule has 0 radical (unpaired) electrons. The minimum absolute atomic E-state index is 0.0388. The number of carbonyl (C=O) groups excluding carboxylic acids is 1. The average Bonchev–Trinajstić information content (AvgIpc) is 3.14. The third kappa shape index (κ3) is 5.38. The predicted molar refractivity (Wildman–Crippen MR) is 113 cm³/mol. The van der Waals surface area contributed by atoms with Crippen LogP contribution in [0.1, 0.15) is 29.9 Å². The standard InChI is InChI=1S/C21H26FN3O5S/c1-15-20(19(30-24-15)8-7-16-5-3-4-6-18(16)22)31(27,28)25-12-9-17(10-13-25)21(26)23-11-14-29-2/h3-8,17H,9-14H2,1-2H3,(H,23,26). The highest BCUT2D eigenvalue weighted by Crippen LogP contribution is 2.29. The van der Waals surface area contributed by atoms with Crippen LogP contribution in [0.2, 0.25) is 0 Å². The van der Waals surface area contributed by atoms with Crippen LogP contribution in [-0.4, -0.2) is 57.1 Å². The molecule has 8 nitrogen and oxygen atoms in total. The number of rotatable bonds is 8. The molecular weight excluding hydrogens is 425 g/mol. The highest BCUT2D eigenvalue weighted by Gasteiger charge is 2.35. The fourth-order valence-corrected chi connectivity index (χ4v) is 5.20. The zero-order valence-electron chi connectivity index (χ0n) is 17.5. The summed E-state index contributed by atoms with van der Waals surface area (Å²) in [5, 5.41) is 6.59. The van der Waals surface area contributed by atoms with E-state index >= 15 is 0 Å². The molecule has 2 heterocycles. The number of ether oxygens (including phenoxy) is 1. The Morgan fingerprint density at radius 3 is 2.71 bits per heavy atom. The van der Waals surface area contributed by atoms with Crippen molar-refractivity contribution in [3.8, 4) is 0 Å². The zero-order chi connectivity index (χ0) is 22.4. The van der Waals surface area contributed by atoms with Crippen LogP contribution in [0.25, 0.3) is 12.2 Å². The lowest BCUT2D eigenvalue weighted by Crippen LogP contribution is -2.43. The number of nitrogens with zero attached hydrogens (tertiary/aromatic N) is 2. The van der Waals surface area contributed by atoms with E-state index in [1.807, 2.05) is 0 Å². The van der Waals surface area contributed by atoms with Crippen molar-refractivity contribution < 1.29 is 26.9 Å². The molecule has 1 N–H and O–H groups in total. The molecule has 0 aliphatic carbocycles. The largest absolute Gasteiger partial charge is 0.383 e. The lowest BCUT2D eigenvalue weighted by atomic mass is 9.97. The summed E-state index contributed by atoms with van der Waals surface area (Å²) in [6.07, 6.45) is 3.69. The first-order valence-corrected chi connectivity index (χ1v) is 11.4. The van der Waals surface area contributed by atoms with Crippen molar-refractivity contribution in [2.24, 2.45) is 5.92 Å². The maximum atomic E-state index is 13.9. The molecule has 1 fully saturated rings. The van der Waals surface area contributed by atoms with Crippen LogP contribution in [0.4, 0.5) is 4.39 Å². The Labute approximate surface area is 181 Å². The average molecular weight is 452 g/mol. The van der Waals surface area contributed by atoms with Crippen LogP contribution in [0, 0.1) is 18.7 Å². The van der Waals surface area contributed by atoms with Crippen LogP contribution in [0.15, 0.2) is 33.7 Å². The van der Waals surface area contributed by atoms with E-state index in [-0.39, 0.29) is 41.3 Å². The molecule has 1 amide bonds. The van der Waals surface area contributed by atoms with Gasteiger partial charge in [0.25, 0.3) is 0 Å². The van der Waals surface area contributed by atoms with Gasteiger partial charge in [-0.1, -0.05) is 23.4 Å². The molecule has 0 atom stereocenters. The van der Waals surface area contributed by atoms with E-state index in [4.69, 9.17) is 9.26 Å². The van der Waals surface area contributed by atoms with E-state index < -0.39 is 15.8 Å². The summed E-state index contributed by atoms with van der Waals surface area (Å²) in [6.45, 7) is 2.82. The molecule has 168 valence electrons. The minimum Gasteiger partial charge on any atom is -0.383 e. The Morgan fingerprint density at radius 1 is 1.32 bits per heavy atom. The first-order valence-electron chi connectivity index (χ1n) is 10.00. The van der Waals surface area contributed by atoms with Gasteiger partial charge >= 0.3 is 0 Å². The number of hydrogen-bond donors (Lipinski definition) is 1. The monoisotopic (exact) mass is 451 g/mol. The molecule has 10 heteroatoms. The number of methoxy groups -OCH3 is 1. The van der Waals surface area contributed by atoms with E-state index in [9.17, 15) is 17.6 Å². The van der Waals surface area contributed by atoms with Crippen molar-refractivity contribution in [3.05, 3.63) is 47.1 Å². The molecule has 1 saturated heterocycles. The summed E-state index contributed by atoms with van der Waals surface area (Å²) >= 11 is 0. The van der Waals surface area contributed by atoms with E-state index in [0.717, 1.165) is 0 Å². The molecule has 0 unspecified atom stereocenters. The van der Waals surface area contributed by atoms with Crippen molar-refractivity contribution >= 4 is 28.1 Å². The summed E-state index contributed by atoms with van der Waals surface area (Å²) in [5.74, 6) is -0.721. The summed E-state index contributed by atoms with van der Waals surface area (Å²) in [6, 6.07) is 6.15. The van der Waals surface area contributed by atoms with E-state index in [1.54, 1.807) is 32.2 Å². The molecule has 31 heavy (non-hydrogen) atoms. The number of halogens is 1. The smallest absolute Gasteiger partial charge is 0.248 e. The number of sulfonamides is 1. The predicted octanol–water partition coefficient (Wildman–Crippen LogP) is 2.46. The van der Waals surface area contributed by atoms with Gasteiger partial charge in [-0.3, -0.25) is 4.79 Å². The molecule has 0 spiro atoms. The second kappa shape index (κ2) is 10.2. The first-order chi connectivity index (χ1) is 14.8. The van der Waals surface area contributed by atoms with Gasteiger partial charge in [-0.15, -0.1) is 0 Å². The van der Waals surface area contributed by atoms with Crippen LogP contribution in [0.5, 0.6) is 0 Å².